The van der Waals surface area contributed by atoms with Crippen LogP contribution in [0.5, 0.6) is 23.0 Å². The first-order chi connectivity index (χ1) is 18.5. The fraction of sp³-hybridized carbons (Fsp3) is 0.464. The van der Waals surface area contributed by atoms with Gasteiger partial charge >= 0.3 is 0 Å². The fourth-order valence-electron chi connectivity index (χ4n) is 4.70. The van der Waals surface area contributed by atoms with Gasteiger partial charge in [-0.3, -0.25) is 9.69 Å². The van der Waals surface area contributed by atoms with Gasteiger partial charge in [-0.1, -0.05) is 11.2 Å². The minimum absolute atomic E-state index is 0.0573. The summed E-state index contributed by atoms with van der Waals surface area (Å²) in [7, 11) is 6.44. The number of ether oxygens (including phenoxy) is 4. The first kappa shape index (κ1) is 27.3. The molecule has 10 heteroatoms. The first-order valence-electron chi connectivity index (χ1n) is 12.8. The second-order valence-corrected chi connectivity index (χ2v) is 9.24. The van der Waals surface area contributed by atoms with E-state index in [-0.39, 0.29) is 11.8 Å². The van der Waals surface area contributed by atoms with Crippen molar-refractivity contribution in [3.8, 4) is 34.4 Å². The minimum atomic E-state index is -0.0573. The molecule has 1 unspecified atom stereocenters. The zero-order valence-electron chi connectivity index (χ0n) is 22.5. The Bertz CT molecular complexity index is 1210. The van der Waals surface area contributed by atoms with E-state index in [1.54, 1.807) is 28.4 Å². The van der Waals surface area contributed by atoms with Crippen molar-refractivity contribution in [2.24, 2.45) is 5.92 Å². The van der Waals surface area contributed by atoms with Crippen molar-refractivity contribution in [3.63, 3.8) is 0 Å². The van der Waals surface area contributed by atoms with Gasteiger partial charge in [-0.15, -0.1) is 0 Å². The monoisotopic (exact) mass is 524 g/mol. The van der Waals surface area contributed by atoms with Crippen LogP contribution < -0.4 is 24.3 Å². The Kier molecular flexibility index (Phi) is 9.42. The molecule has 1 aromatic heterocycles. The maximum absolute atomic E-state index is 12.8. The van der Waals surface area contributed by atoms with Gasteiger partial charge in [0.05, 0.1) is 40.9 Å². The normalized spacial score (nSPS) is 15.6. The highest BCUT2D eigenvalue weighted by Gasteiger charge is 2.27. The molecule has 2 aromatic carbocycles. The van der Waals surface area contributed by atoms with E-state index in [9.17, 15) is 4.79 Å². The summed E-state index contributed by atoms with van der Waals surface area (Å²) in [6.45, 7) is 2.68. The van der Waals surface area contributed by atoms with E-state index in [1.807, 2.05) is 36.4 Å². The number of benzene rings is 2. The maximum atomic E-state index is 12.8. The lowest BCUT2D eigenvalue weighted by atomic mass is 9.97. The number of piperidine rings is 1. The van der Waals surface area contributed by atoms with E-state index in [4.69, 9.17) is 23.5 Å². The van der Waals surface area contributed by atoms with Crippen LogP contribution in [-0.2, 0) is 17.8 Å². The standard InChI is InChI=1S/C28H36N4O6/c1-34-22-11-9-19(15-24(22)36-3)7-5-13-29-28(33)21-8-6-14-32(17-21)18-26-30-27(31-38-26)20-10-12-23(35-2)25(16-20)37-4/h9-12,15-16,21H,5-8,13-14,17-18H2,1-4H3,(H,29,33). The van der Waals surface area contributed by atoms with E-state index in [2.05, 4.69) is 20.4 Å². The Balaban J connectivity index is 1.25. The van der Waals surface area contributed by atoms with Crippen molar-refractivity contribution in [2.75, 3.05) is 48.1 Å². The van der Waals surface area contributed by atoms with Crippen LogP contribution in [-0.4, -0.2) is 69.0 Å². The lowest BCUT2D eigenvalue weighted by Gasteiger charge is -2.30. The molecule has 0 aliphatic carbocycles. The molecule has 1 aliphatic rings. The predicted octanol–water partition coefficient (Wildman–Crippen LogP) is 3.73. The number of amides is 1. The number of methoxy groups -OCH3 is 4. The zero-order chi connectivity index (χ0) is 26.9. The molecular weight excluding hydrogens is 488 g/mol. The summed E-state index contributed by atoms with van der Waals surface area (Å²) in [6.07, 6.45) is 3.51. The van der Waals surface area contributed by atoms with Crippen molar-refractivity contribution in [1.29, 1.82) is 0 Å². The molecule has 1 amide bonds. The number of rotatable bonds is 12. The van der Waals surface area contributed by atoms with E-state index >= 15 is 0 Å². The highest BCUT2D eigenvalue weighted by atomic mass is 16.5. The molecule has 1 N–H and O–H groups in total. The lowest BCUT2D eigenvalue weighted by Crippen LogP contribution is -2.43. The van der Waals surface area contributed by atoms with Crippen LogP contribution in [0, 0.1) is 5.92 Å². The van der Waals surface area contributed by atoms with E-state index in [0.29, 0.717) is 54.3 Å². The molecule has 0 saturated carbocycles. The van der Waals surface area contributed by atoms with Gasteiger partial charge in [0, 0.05) is 18.7 Å². The van der Waals surface area contributed by atoms with Gasteiger partial charge in [0.1, 0.15) is 0 Å². The van der Waals surface area contributed by atoms with Crippen LogP contribution in [0.15, 0.2) is 40.9 Å². The number of carbonyl (C=O) groups is 1. The molecule has 0 spiro atoms. The third kappa shape index (κ3) is 6.74. The topological polar surface area (TPSA) is 108 Å². The van der Waals surface area contributed by atoms with Gasteiger partial charge < -0.3 is 28.8 Å². The van der Waals surface area contributed by atoms with E-state index in [0.717, 1.165) is 43.4 Å². The minimum Gasteiger partial charge on any atom is -0.493 e. The number of nitrogens with one attached hydrogen (secondary N) is 1. The highest BCUT2D eigenvalue weighted by molar-refractivity contribution is 5.78. The van der Waals surface area contributed by atoms with Gasteiger partial charge in [0.15, 0.2) is 23.0 Å². The van der Waals surface area contributed by atoms with Gasteiger partial charge in [-0.2, -0.15) is 4.98 Å². The number of aryl methyl sites for hydroxylation is 1. The molecule has 38 heavy (non-hydrogen) atoms. The van der Waals surface area contributed by atoms with Crippen molar-refractivity contribution >= 4 is 5.91 Å². The van der Waals surface area contributed by atoms with Crippen LogP contribution >= 0.6 is 0 Å². The Morgan fingerprint density at radius 2 is 1.71 bits per heavy atom. The average Bonchev–Trinajstić information content (AvgIpc) is 3.43. The molecule has 3 aromatic rings. The van der Waals surface area contributed by atoms with Crippen molar-refractivity contribution < 1.29 is 28.3 Å². The number of nitrogens with zero attached hydrogens (tertiary/aromatic N) is 3. The summed E-state index contributed by atoms with van der Waals surface area (Å²) in [6, 6.07) is 11.4. The van der Waals surface area contributed by atoms with Crippen molar-refractivity contribution in [2.45, 2.75) is 32.2 Å². The maximum Gasteiger partial charge on any atom is 0.241 e. The van der Waals surface area contributed by atoms with Gasteiger partial charge in [0.2, 0.25) is 17.6 Å². The van der Waals surface area contributed by atoms with Gasteiger partial charge in [-0.25, -0.2) is 0 Å². The van der Waals surface area contributed by atoms with Crippen molar-refractivity contribution in [3.05, 3.63) is 47.9 Å². The molecule has 0 bridgehead atoms. The number of hydrogen-bond donors (Lipinski definition) is 1. The molecule has 1 atom stereocenters. The van der Waals surface area contributed by atoms with Crippen molar-refractivity contribution in [1.82, 2.24) is 20.4 Å². The van der Waals surface area contributed by atoms with Crippen LogP contribution in [0.1, 0.15) is 30.7 Å². The summed E-state index contributed by atoms with van der Waals surface area (Å²) < 4.78 is 26.8. The first-order valence-corrected chi connectivity index (χ1v) is 12.8. The van der Waals surface area contributed by atoms with Gasteiger partial charge in [-0.05, 0) is 68.1 Å². The number of hydrogen-bond acceptors (Lipinski definition) is 9. The molecule has 1 saturated heterocycles. The quantitative estimate of drug-likeness (QED) is 0.355. The highest BCUT2D eigenvalue weighted by Crippen LogP contribution is 2.31. The molecule has 1 aliphatic heterocycles. The second kappa shape index (κ2) is 13.1. The molecule has 1 fully saturated rings. The Morgan fingerprint density at radius 3 is 2.45 bits per heavy atom. The summed E-state index contributed by atoms with van der Waals surface area (Å²) in [5.74, 6) is 3.71. The number of carbonyl (C=O) groups excluding carboxylic acids is 1. The van der Waals surface area contributed by atoms with Crippen LogP contribution in [0.4, 0.5) is 0 Å². The summed E-state index contributed by atoms with van der Waals surface area (Å²) in [5, 5.41) is 7.24. The summed E-state index contributed by atoms with van der Waals surface area (Å²) in [4.78, 5) is 19.6. The molecule has 2 heterocycles. The zero-order valence-corrected chi connectivity index (χ0v) is 22.5. The van der Waals surface area contributed by atoms with E-state index < -0.39 is 0 Å². The lowest BCUT2D eigenvalue weighted by molar-refractivity contribution is -0.126. The summed E-state index contributed by atoms with van der Waals surface area (Å²) >= 11 is 0. The SMILES string of the molecule is COc1ccc(CCCNC(=O)C2CCCN(Cc3nc(-c4ccc(OC)c(OC)c4)no3)C2)cc1OC. The molecule has 0 radical (unpaired) electrons. The molecular formula is C28H36N4O6. The van der Waals surface area contributed by atoms with Crippen LogP contribution in [0.3, 0.4) is 0 Å². The van der Waals surface area contributed by atoms with Gasteiger partial charge in [0.25, 0.3) is 0 Å². The Morgan fingerprint density at radius 1 is 1.00 bits per heavy atom. The molecule has 204 valence electrons. The van der Waals surface area contributed by atoms with E-state index in [1.165, 1.54) is 0 Å². The molecule has 4 rings (SSSR count). The second-order valence-electron chi connectivity index (χ2n) is 9.24. The predicted molar refractivity (Wildman–Crippen MR) is 142 cm³/mol. The number of likely N-dealkylation sites (tertiary alicyclic amines) is 1. The summed E-state index contributed by atoms with van der Waals surface area (Å²) in [5.41, 5.74) is 1.93. The third-order valence-corrected chi connectivity index (χ3v) is 6.73. The fourth-order valence-corrected chi connectivity index (χ4v) is 4.70. The Hall–Kier alpha value is -3.79. The van der Waals surface area contributed by atoms with Crippen LogP contribution in [0.25, 0.3) is 11.4 Å². The third-order valence-electron chi connectivity index (χ3n) is 6.73. The Labute approximate surface area is 223 Å². The van der Waals surface area contributed by atoms with Crippen LogP contribution in [0.2, 0.25) is 0 Å². The average molecular weight is 525 g/mol. The largest absolute Gasteiger partial charge is 0.493 e. The number of aromatic nitrogens is 2. The smallest absolute Gasteiger partial charge is 0.241 e. The molecule has 10 nitrogen and oxygen atoms in total.